The predicted octanol–water partition coefficient (Wildman–Crippen LogP) is 1.60. The van der Waals surface area contributed by atoms with Gasteiger partial charge in [0.1, 0.15) is 17.9 Å². The van der Waals surface area contributed by atoms with Crippen molar-refractivity contribution in [1.29, 1.82) is 0 Å². The molecular weight excluding hydrogens is 312 g/mol. The molecule has 2 N–H and O–H groups in total. The van der Waals surface area contributed by atoms with Crippen molar-refractivity contribution in [3.8, 4) is 0 Å². The molecule has 1 atom stereocenters. The molecule has 0 spiro atoms. The molecule has 0 aliphatic rings. The average molecular weight is 334 g/mol. The van der Waals surface area contributed by atoms with Gasteiger partial charge in [-0.3, -0.25) is 19.7 Å². The fraction of sp³-hybridized carbons (Fsp3) is 0.412. The number of carbonyl (C=O) groups is 4. The van der Waals surface area contributed by atoms with Crippen molar-refractivity contribution in [3.05, 3.63) is 35.4 Å². The van der Waals surface area contributed by atoms with E-state index in [4.69, 9.17) is 4.74 Å². The van der Waals surface area contributed by atoms with Crippen LogP contribution in [-0.2, 0) is 20.7 Å². The molecular formula is C17H22N2O5. The van der Waals surface area contributed by atoms with Gasteiger partial charge in [-0.2, -0.15) is 0 Å². The molecule has 24 heavy (non-hydrogen) atoms. The zero-order chi connectivity index (χ0) is 18.3. The number of hydrogen-bond donors (Lipinski definition) is 2. The fourth-order valence-electron chi connectivity index (χ4n) is 1.74. The first-order valence-corrected chi connectivity index (χ1v) is 7.48. The summed E-state index contributed by atoms with van der Waals surface area (Å²) in [7, 11) is 0. The van der Waals surface area contributed by atoms with E-state index in [2.05, 4.69) is 10.6 Å². The van der Waals surface area contributed by atoms with E-state index in [9.17, 15) is 19.2 Å². The summed E-state index contributed by atoms with van der Waals surface area (Å²) in [4.78, 5) is 45.9. The van der Waals surface area contributed by atoms with E-state index in [1.165, 1.54) is 6.92 Å². The SMILES string of the molecule is C[C@H](NC(=O)OC(C)(C)C)C(=O)NC(=O)Cc1ccc(C=O)cc1. The minimum Gasteiger partial charge on any atom is -0.444 e. The Morgan fingerprint density at radius 3 is 2.25 bits per heavy atom. The van der Waals surface area contributed by atoms with Crippen molar-refractivity contribution in [2.75, 3.05) is 0 Å². The third-order valence-electron chi connectivity index (χ3n) is 2.87. The van der Waals surface area contributed by atoms with Crippen LogP contribution >= 0.6 is 0 Å². The van der Waals surface area contributed by atoms with Gasteiger partial charge in [0.2, 0.25) is 11.8 Å². The van der Waals surface area contributed by atoms with Gasteiger partial charge in [0.25, 0.3) is 0 Å². The topological polar surface area (TPSA) is 102 Å². The molecule has 3 amide bonds. The van der Waals surface area contributed by atoms with Crippen LogP contribution in [0.3, 0.4) is 0 Å². The summed E-state index contributed by atoms with van der Waals surface area (Å²) in [5, 5.41) is 4.56. The molecule has 0 radical (unpaired) electrons. The Morgan fingerprint density at radius 1 is 1.17 bits per heavy atom. The fourth-order valence-corrected chi connectivity index (χ4v) is 1.74. The minimum atomic E-state index is -0.916. The van der Waals surface area contributed by atoms with E-state index < -0.39 is 29.6 Å². The maximum Gasteiger partial charge on any atom is 0.408 e. The van der Waals surface area contributed by atoms with Gasteiger partial charge < -0.3 is 10.1 Å². The van der Waals surface area contributed by atoms with Gasteiger partial charge in [0.05, 0.1) is 6.42 Å². The molecule has 0 bridgehead atoms. The first-order valence-electron chi connectivity index (χ1n) is 7.48. The van der Waals surface area contributed by atoms with Gasteiger partial charge in [0.15, 0.2) is 0 Å². The maximum atomic E-state index is 11.9. The molecule has 0 saturated heterocycles. The zero-order valence-corrected chi connectivity index (χ0v) is 14.2. The second kappa shape index (κ2) is 8.24. The number of rotatable bonds is 5. The number of alkyl carbamates (subject to hydrolysis) is 1. The number of benzene rings is 1. The summed E-state index contributed by atoms with van der Waals surface area (Å²) in [6, 6.07) is 5.53. The summed E-state index contributed by atoms with van der Waals surface area (Å²) >= 11 is 0. The zero-order valence-electron chi connectivity index (χ0n) is 14.2. The van der Waals surface area contributed by atoms with Crippen molar-refractivity contribution in [2.24, 2.45) is 0 Å². The molecule has 0 saturated carbocycles. The third kappa shape index (κ3) is 7.04. The first kappa shape index (κ1) is 19.3. The Hall–Kier alpha value is -2.70. The lowest BCUT2D eigenvalue weighted by atomic mass is 10.1. The predicted molar refractivity (Wildman–Crippen MR) is 87.5 cm³/mol. The number of nitrogens with one attached hydrogen (secondary N) is 2. The lowest BCUT2D eigenvalue weighted by molar-refractivity contribution is -0.131. The smallest absolute Gasteiger partial charge is 0.408 e. The van der Waals surface area contributed by atoms with Crippen molar-refractivity contribution in [2.45, 2.75) is 45.8 Å². The van der Waals surface area contributed by atoms with Gasteiger partial charge in [0, 0.05) is 5.56 Å². The first-order chi connectivity index (χ1) is 11.1. The number of aldehydes is 1. The van der Waals surface area contributed by atoms with Crippen molar-refractivity contribution < 1.29 is 23.9 Å². The molecule has 0 heterocycles. The molecule has 1 aromatic carbocycles. The van der Waals surface area contributed by atoms with Gasteiger partial charge in [-0.15, -0.1) is 0 Å². The summed E-state index contributed by atoms with van der Waals surface area (Å²) in [5.41, 5.74) is 0.494. The summed E-state index contributed by atoms with van der Waals surface area (Å²) in [6.07, 6.45) is -0.0383. The van der Waals surface area contributed by atoms with Crippen LogP contribution in [0.25, 0.3) is 0 Å². The molecule has 7 heteroatoms. The largest absolute Gasteiger partial charge is 0.444 e. The lowest BCUT2D eigenvalue weighted by Crippen LogP contribution is -2.48. The quantitative estimate of drug-likeness (QED) is 0.796. The van der Waals surface area contributed by atoms with Crippen molar-refractivity contribution in [3.63, 3.8) is 0 Å². The third-order valence-corrected chi connectivity index (χ3v) is 2.87. The Morgan fingerprint density at radius 2 is 1.75 bits per heavy atom. The van der Waals surface area contributed by atoms with E-state index in [1.54, 1.807) is 45.0 Å². The molecule has 0 aliphatic heterocycles. The molecule has 0 fully saturated rings. The van der Waals surface area contributed by atoms with Crippen LogP contribution in [0, 0.1) is 0 Å². The van der Waals surface area contributed by atoms with E-state index in [0.717, 1.165) is 0 Å². The van der Waals surface area contributed by atoms with Crippen LogP contribution in [0.2, 0.25) is 0 Å². The Balaban J connectivity index is 2.48. The second-order valence-corrected chi connectivity index (χ2v) is 6.32. The van der Waals surface area contributed by atoms with Crippen LogP contribution < -0.4 is 10.6 Å². The van der Waals surface area contributed by atoms with Crippen LogP contribution in [0.5, 0.6) is 0 Å². The molecule has 1 rings (SSSR count). The number of hydrogen-bond acceptors (Lipinski definition) is 5. The van der Waals surface area contributed by atoms with Crippen molar-refractivity contribution in [1.82, 2.24) is 10.6 Å². The number of carbonyl (C=O) groups excluding carboxylic acids is 4. The highest BCUT2D eigenvalue weighted by Crippen LogP contribution is 2.07. The maximum absolute atomic E-state index is 11.9. The molecule has 0 aliphatic carbocycles. The standard InChI is InChI=1S/C17H22N2O5/c1-11(18-16(23)24-17(2,3)4)15(22)19-14(21)9-12-5-7-13(10-20)8-6-12/h5-8,10-11H,9H2,1-4H3,(H,18,23)(H,19,21,22)/t11-/m0/s1. The monoisotopic (exact) mass is 334 g/mol. The minimum absolute atomic E-state index is 0.00989. The molecule has 0 unspecified atom stereocenters. The van der Waals surface area contributed by atoms with Crippen molar-refractivity contribution >= 4 is 24.2 Å². The Kier molecular flexibility index (Phi) is 6.64. The highest BCUT2D eigenvalue weighted by molar-refractivity contribution is 5.99. The Labute approximate surface area is 140 Å². The highest BCUT2D eigenvalue weighted by atomic mass is 16.6. The van der Waals surface area contributed by atoms with E-state index >= 15 is 0 Å². The summed E-state index contributed by atoms with van der Waals surface area (Å²) in [6.45, 7) is 6.57. The number of imide groups is 1. The highest BCUT2D eigenvalue weighted by Gasteiger charge is 2.22. The van der Waals surface area contributed by atoms with Gasteiger partial charge in [-0.25, -0.2) is 4.79 Å². The van der Waals surface area contributed by atoms with Crippen LogP contribution in [-0.4, -0.2) is 35.8 Å². The molecule has 1 aromatic rings. The van der Waals surface area contributed by atoms with E-state index in [0.29, 0.717) is 17.4 Å². The summed E-state index contributed by atoms with van der Waals surface area (Å²) < 4.78 is 5.04. The average Bonchev–Trinajstić information content (AvgIpc) is 2.45. The van der Waals surface area contributed by atoms with E-state index in [-0.39, 0.29) is 6.42 Å². The molecule has 0 aromatic heterocycles. The number of amides is 3. The lowest BCUT2D eigenvalue weighted by Gasteiger charge is -2.21. The van der Waals surface area contributed by atoms with Gasteiger partial charge in [-0.1, -0.05) is 24.3 Å². The van der Waals surface area contributed by atoms with Gasteiger partial charge in [-0.05, 0) is 33.3 Å². The summed E-state index contributed by atoms with van der Waals surface area (Å²) in [5.74, 6) is -1.13. The van der Waals surface area contributed by atoms with Crippen LogP contribution in [0.1, 0.15) is 43.6 Å². The Bertz CT molecular complexity index is 617. The second-order valence-electron chi connectivity index (χ2n) is 6.32. The van der Waals surface area contributed by atoms with Crippen LogP contribution in [0.4, 0.5) is 4.79 Å². The van der Waals surface area contributed by atoms with Crippen LogP contribution in [0.15, 0.2) is 24.3 Å². The normalized spacial score (nSPS) is 12.0. The van der Waals surface area contributed by atoms with E-state index in [1.807, 2.05) is 0 Å². The van der Waals surface area contributed by atoms with Gasteiger partial charge >= 0.3 is 6.09 Å². The molecule has 130 valence electrons. The molecule has 7 nitrogen and oxygen atoms in total. The number of ether oxygens (including phenoxy) is 1.